The third-order valence-corrected chi connectivity index (χ3v) is 5.63. The number of carbonyl (C=O) groups excluding carboxylic acids is 1. The van der Waals surface area contributed by atoms with Crippen LogP contribution in [-0.4, -0.2) is 34.5 Å². The summed E-state index contributed by atoms with van der Waals surface area (Å²) in [6, 6.07) is 13.7. The Morgan fingerprint density at radius 2 is 1.88 bits per heavy atom. The number of nitrogens with one attached hydrogen (secondary N) is 2. The zero-order chi connectivity index (χ0) is 17.9. The average molecular weight is 360 g/mol. The van der Waals surface area contributed by atoms with Gasteiger partial charge in [-0.2, -0.15) is 0 Å². The van der Waals surface area contributed by atoms with Crippen LogP contribution in [0.15, 0.2) is 53.4 Å². The van der Waals surface area contributed by atoms with Crippen LogP contribution in [-0.2, 0) is 16.4 Å². The Morgan fingerprint density at radius 3 is 2.60 bits per heavy atom. The largest absolute Gasteiger partial charge is 0.493 e. The van der Waals surface area contributed by atoms with Crippen molar-refractivity contribution in [3.63, 3.8) is 0 Å². The van der Waals surface area contributed by atoms with Gasteiger partial charge in [0.05, 0.1) is 11.5 Å². The predicted molar refractivity (Wildman–Crippen MR) is 94.2 cm³/mol. The van der Waals surface area contributed by atoms with Crippen LogP contribution in [0.5, 0.6) is 5.75 Å². The fourth-order valence-corrected chi connectivity index (χ4v) is 3.49. The van der Waals surface area contributed by atoms with Crippen molar-refractivity contribution in [3.8, 4) is 5.75 Å². The van der Waals surface area contributed by atoms with Crippen LogP contribution >= 0.6 is 0 Å². The summed E-state index contributed by atoms with van der Waals surface area (Å²) in [4.78, 5) is 12.4. The van der Waals surface area contributed by atoms with Crippen molar-refractivity contribution in [3.05, 3.63) is 59.7 Å². The van der Waals surface area contributed by atoms with Gasteiger partial charge in [-0.15, -0.1) is 0 Å². The number of sulfonamides is 1. The second-order valence-electron chi connectivity index (χ2n) is 5.93. The molecule has 0 aromatic heterocycles. The predicted octanol–water partition coefficient (Wildman–Crippen LogP) is 1.58. The van der Waals surface area contributed by atoms with Crippen molar-refractivity contribution in [2.45, 2.75) is 11.3 Å². The quantitative estimate of drug-likeness (QED) is 0.848. The molecule has 6 nitrogen and oxygen atoms in total. The van der Waals surface area contributed by atoms with Crippen LogP contribution in [0.4, 0.5) is 0 Å². The molecule has 1 amide bonds. The molecule has 2 aromatic rings. The van der Waals surface area contributed by atoms with E-state index in [0.29, 0.717) is 18.7 Å². The molecular formula is C18H20N2O4S. The summed E-state index contributed by atoms with van der Waals surface area (Å²) in [7, 11) is -2.15. The number of carbonyl (C=O) groups is 1. The van der Waals surface area contributed by atoms with E-state index in [9.17, 15) is 13.2 Å². The van der Waals surface area contributed by atoms with Gasteiger partial charge >= 0.3 is 0 Å². The number of hydrogen-bond acceptors (Lipinski definition) is 4. The maximum atomic E-state index is 12.2. The topological polar surface area (TPSA) is 84.5 Å². The molecule has 0 saturated heterocycles. The van der Waals surface area contributed by atoms with E-state index in [1.165, 1.54) is 31.3 Å². The molecule has 3 rings (SSSR count). The highest BCUT2D eigenvalue weighted by Crippen LogP contribution is 2.26. The molecule has 0 aliphatic carbocycles. The number of rotatable bonds is 5. The molecule has 1 atom stereocenters. The molecule has 0 fully saturated rings. The van der Waals surface area contributed by atoms with E-state index >= 15 is 0 Å². The molecule has 1 heterocycles. The standard InChI is InChI=1S/C18H20N2O4S/c1-19-25(22,23)16-8-6-14(7-9-16)18(21)20-11-13-10-15-4-2-3-5-17(15)24-12-13/h2-9,13,19H,10-12H2,1H3,(H,20,21). The summed E-state index contributed by atoms with van der Waals surface area (Å²) in [5, 5.41) is 2.89. The monoisotopic (exact) mass is 360 g/mol. The normalized spacial score (nSPS) is 16.6. The maximum absolute atomic E-state index is 12.2. The highest BCUT2D eigenvalue weighted by Gasteiger charge is 2.20. The minimum atomic E-state index is -3.50. The minimum Gasteiger partial charge on any atom is -0.493 e. The highest BCUT2D eigenvalue weighted by molar-refractivity contribution is 7.89. The maximum Gasteiger partial charge on any atom is 0.251 e. The molecule has 0 saturated carbocycles. The molecule has 0 spiro atoms. The smallest absolute Gasteiger partial charge is 0.251 e. The van der Waals surface area contributed by atoms with Gasteiger partial charge < -0.3 is 10.1 Å². The van der Waals surface area contributed by atoms with E-state index in [0.717, 1.165) is 17.7 Å². The van der Waals surface area contributed by atoms with Crippen molar-refractivity contribution in [1.29, 1.82) is 0 Å². The third-order valence-electron chi connectivity index (χ3n) is 4.20. The van der Waals surface area contributed by atoms with Crippen molar-refractivity contribution in [2.75, 3.05) is 20.2 Å². The van der Waals surface area contributed by atoms with Crippen molar-refractivity contribution in [1.82, 2.24) is 10.0 Å². The van der Waals surface area contributed by atoms with E-state index < -0.39 is 10.0 Å². The molecular weight excluding hydrogens is 340 g/mol. The Labute approximate surface area is 147 Å². The lowest BCUT2D eigenvalue weighted by Crippen LogP contribution is -2.34. The molecule has 1 unspecified atom stereocenters. The highest BCUT2D eigenvalue weighted by atomic mass is 32.2. The minimum absolute atomic E-state index is 0.129. The molecule has 1 aliphatic rings. The number of para-hydroxylation sites is 1. The summed E-state index contributed by atoms with van der Waals surface area (Å²) >= 11 is 0. The Hall–Kier alpha value is -2.38. The van der Waals surface area contributed by atoms with E-state index in [2.05, 4.69) is 10.0 Å². The number of benzene rings is 2. The lowest BCUT2D eigenvalue weighted by Gasteiger charge is -2.25. The lowest BCUT2D eigenvalue weighted by atomic mass is 9.96. The summed E-state index contributed by atoms with van der Waals surface area (Å²) in [6.45, 7) is 1.07. The number of ether oxygens (including phenoxy) is 1. The number of hydrogen-bond donors (Lipinski definition) is 2. The van der Waals surface area contributed by atoms with Gasteiger partial charge in [0.1, 0.15) is 5.75 Å². The first-order chi connectivity index (χ1) is 12.0. The zero-order valence-electron chi connectivity index (χ0n) is 13.9. The summed E-state index contributed by atoms with van der Waals surface area (Å²) in [5.41, 5.74) is 1.57. The number of fused-ring (bicyclic) bond motifs is 1. The van der Waals surface area contributed by atoms with Crippen LogP contribution in [0.2, 0.25) is 0 Å². The SMILES string of the molecule is CNS(=O)(=O)c1ccc(C(=O)NCC2COc3ccccc3C2)cc1. The van der Waals surface area contributed by atoms with E-state index in [4.69, 9.17) is 4.74 Å². The van der Waals surface area contributed by atoms with Gasteiger partial charge in [0.2, 0.25) is 10.0 Å². The molecule has 2 N–H and O–H groups in total. The Morgan fingerprint density at radius 1 is 1.16 bits per heavy atom. The van der Waals surface area contributed by atoms with Gasteiger partial charge in [-0.25, -0.2) is 13.1 Å². The lowest BCUT2D eigenvalue weighted by molar-refractivity contribution is 0.0939. The van der Waals surface area contributed by atoms with Crippen LogP contribution in [0.1, 0.15) is 15.9 Å². The average Bonchev–Trinajstić information content (AvgIpc) is 2.66. The Bertz CT molecular complexity index is 863. The van der Waals surface area contributed by atoms with E-state index in [1.54, 1.807) is 0 Å². The Balaban J connectivity index is 1.58. The summed E-state index contributed by atoms with van der Waals surface area (Å²) in [6.07, 6.45) is 0.857. The van der Waals surface area contributed by atoms with Gasteiger partial charge in [0.25, 0.3) is 5.91 Å². The number of amides is 1. The third kappa shape index (κ3) is 4.00. The molecule has 0 radical (unpaired) electrons. The second kappa shape index (κ2) is 7.25. The van der Waals surface area contributed by atoms with Gasteiger partial charge in [-0.05, 0) is 49.4 Å². The molecule has 7 heteroatoms. The fraction of sp³-hybridized carbons (Fsp3) is 0.278. The summed E-state index contributed by atoms with van der Waals surface area (Å²) < 4.78 is 31.3. The van der Waals surface area contributed by atoms with Gasteiger partial charge in [-0.1, -0.05) is 18.2 Å². The van der Waals surface area contributed by atoms with Crippen molar-refractivity contribution >= 4 is 15.9 Å². The van der Waals surface area contributed by atoms with Crippen molar-refractivity contribution < 1.29 is 17.9 Å². The molecule has 132 valence electrons. The van der Waals surface area contributed by atoms with Crippen LogP contribution < -0.4 is 14.8 Å². The van der Waals surface area contributed by atoms with Gasteiger partial charge in [-0.3, -0.25) is 4.79 Å². The summed E-state index contributed by atoms with van der Waals surface area (Å²) in [5.74, 6) is 0.890. The van der Waals surface area contributed by atoms with Crippen molar-refractivity contribution in [2.24, 2.45) is 5.92 Å². The van der Waals surface area contributed by atoms with Crippen LogP contribution in [0, 0.1) is 5.92 Å². The molecule has 1 aliphatic heterocycles. The molecule has 2 aromatic carbocycles. The zero-order valence-corrected chi connectivity index (χ0v) is 14.7. The van der Waals surface area contributed by atoms with Gasteiger partial charge in [0.15, 0.2) is 0 Å². The molecule has 0 bridgehead atoms. The molecule has 25 heavy (non-hydrogen) atoms. The second-order valence-corrected chi connectivity index (χ2v) is 7.82. The first kappa shape index (κ1) is 17.4. The van der Waals surface area contributed by atoms with Crippen LogP contribution in [0.25, 0.3) is 0 Å². The fourth-order valence-electron chi connectivity index (χ4n) is 2.76. The Kier molecular flexibility index (Phi) is 5.06. The van der Waals surface area contributed by atoms with Crippen LogP contribution in [0.3, 0.4) is 0 Å². The van der Waals surface area contributed by atoms with E-state index in [-0.39, 0.29) is 16.7 Å². The van der Waals surface area contributed by atoms with E-state index in [1.807, 2.05) is 24.3 Å². The first-order valence-electron chi connectivity index (χ1n) is 8.02. The van der Waals surface area contributed by atoms with Gasteiger partial charge in [0, 0.05) is 18.0 Å². The first-order valence-corrected chi connectivity index (χ1v) is 9.50.